The van der Waals surface area contributed by atoms with E-state index in [1.54, 1.807) is 12.1 Å². The number of benzene rings is 1. The smallest absolute Gasteiger partial charge is 0.335 e. The molecular weight excluding hydrogens is 370 g/mol. The number of carbonyl (C=O) groups is 3. The van der Waals surface area contributed by atoms with Gasteiger partial charge in [0, 0.05) is 35.7 Å². The van der Waals surface area contributed by atoms with E-state index in [-0.39, 0.29) is 17.4 Å². The first-order valence-electron chi connectivity index (χ1n) is 9.76. The number of hydrogen-bond acceptors (Lipinski definition) is 3. The number of aryl methyl sites for hydroxylation is 1. The number of likely N-dealkylation sites (tertiary alicyclic amines) is 1. The first-order valence-corrected chi connectivity index (χ1v) is 9.76. The van der Waals surface area contributed by atoms with Crippen molar-refractivity contribution in [2.24, 2.45) is 0 Å². The molecule has 2 amide bonds. The lowest BCUT2D eigenvalue weighted by Crippen LogP contribution is -2.36. The van der Waals surface area contributed by atoms with Crippen molar-refractivity contribution >= 4 is 35.1 Å². The van der Waals surface area contributed by atoms with Crippen molar-refractivity contribution in [3.05, 3.63) is 51.8 Å². The average molecular weight is 393 g/mol. The molecule has 7 heteroatoms. The van der Waals surface area contributed by atoms with Crippen LogP contribution in [0.3, 0.4) is 0 Å². The average Bonchev–Trinajstić information content (AvgIpc) is 3.17. The fourth-order valence-corrected chi connectivity index (χ4v) is 4.10. The number of anilines is 1. The van der Waals surface area contributed by atoms with Crippen LogP contribution in [-0.4, -0.2) is 45.9 Å². The minimum absolute atomic E-state index is 0.0186. The topological polar surface area (TPSA) is 102 Å². The highest BCUT2D eigenvalue weighted by Gasteiger charge is 2.28. The predicted molar refractivity (Wildman–Crippen MR) is 110 cm³/mol. The minimum Gasteiger partial charge on any atom is -0.478 e. The maximum Gasteiger partial charge on any atom is 0.335 e. The van der Waals surface area contributed by atoms with E-state index in [2.05, 4.69) is 10.3 Å². The summed E-state index contributed by atoms with van der Waals surface area (Å²) in [7, 11) is 0. The van der Waals surface area contributed by atoms with E-state index >= 15 is 0 Å². The van der Waals surface area contributed by atoms with Crippen LogP contribution >= 0.6 is 0 Å². The fourth-order valence-electron chi connectivity index (χ4n) is 4.10. The Bertz CT molecular complexity index is 1060. The number of rotatable bonds is 3. The number of amides is 2. The predicted octanol–water partition coefficient (Wildman–Crippen LogP) is 3.45. The summed E-state index contributed by atoms with van der Waals surface area (Å²) < 4.78 is 0. The molecule has 4 rings (SSSR count). The quantitative estimate of drug-likeness (QED) is 0.695. The Hall–Kier alpha value is -3.35. The van der Waals surface area contributed by atoms with Gasteiger partial charge in [0.05, 0.1) is 16.7 Å². The Morgan fingerprint density at radius 2 is 1.86 bits per heavy atom. The van der Waals surface area contributed by atoms with Crippen LogP contribution in [0.25, 0.3) is 11.6 Å². The largest absolute Gasteiger partial charge is 0.478 e. The number of carbonyl (C=O) groups excluding carboxylic acids is 2. The van der Waals surface area contributed by atoms with E-state index in [9.17, 15) is 19.5 Å². The summed E-state index contributed by atoms with van der Waals surface area (Å²) in [5, 5.41) is 12.0. The molecule has 2 aliphatic rings. The molecule has 0 aliphatic carbocycles. The van der Waals surface area contributed by atoms with Gasteiger partial charge in [-0.2, -0.15) is 0 Å². The molecule has 2 aromatic rings. The SMILES string of the molecule is Cc1[nH]c(C=C2C(=O)Nc3ccc(C(=O)O)cc32)c(C)c1C(=O)N1CCCCC1. The monoisotopic (exact) mass is 393 g/mol. The van der Waals surface area contributed by atoms with Crippen molar-refractivity contribution in [3.8, 4) is 0 Å². The summed E-state index contributed by atoms with van der Waals surface area (Å²) >= 11 is 0. The van der Waals surface area contributed by atoms with Gasteiger partial charge in [0.1, 0.15) is 0 Å². The second-order valence-corrected chi connectivity index (χ2v) is 7.59. The van der Waals surface area contributed by atoms with Gasteiger partial charge in [-0.1, -0.05) is 0 Å². The van der Waals surface area contributed by atoms with Crippen molar-refractivity contribution in [1.82, 2.24) is 9.88 Å². The molecule has 0 radical (unpaired) electrons. The summed E-state index contributed by atoms with van der Waals surface area (Å²) in [6.45, 7) is 5.27. The van der Waals surface area contributed by atoms with E-state index in [0.717, 1.165) is 43.6 Å². The molecule has 3 N–H and O–H groups in total. The van der Waals surface area contributed by atoms with Crippen molar-refractivity contribution in [2.75, 3.05) is 18.4 Å². The number of aromatic amines is 1. The van der Waals surface area contributed by atoms with Crippen LogP contribution in [0.1, 0.15) is 62.5 Å². The van der Waals surface area contributed by atoms with Crippen LogP contribution in [0, 0.1) is 13.8 Å². The number of aromatic carboxylic acids is 1. The molecule has 1 saturated heterocycles. The zero-order chi connectivity index (χ0) is 20.7. The molecule has 3 heterocycles. The minimum atomic E-state index is -1.05. The highest BCUT2D eigenvalue weighted by Crippen LogP contribution is 2.35. The van der Waals surface area contributed by atoms with Crippen LogP contribution in [0.2, 0.25) is 0 Å². The Morgan fingerprint density at radius 1 is 1.14 bits per heavy atom. The zero-order valence-electron chi connectivity index (χ0n) is 16.5. The zero-order valence-corrected chi connectivity index (χ0v) is 16.5. The van der Waals surface area contributed by atoms with E-state index in [0.29, 0.717) is 28.1 Å². The Kier molecular flexibility index (Phi) is 4.74. The molecule has 1 aromatic carbocycles. The maximum atomic E-state index is 13.0. The van der Waals surface area contributed by atoms with Crippen LogP contribution in [0.5, 0.6) is 0 Å². The van der Waals surface area contributed by atoms with E-state index in [1.165, 1.54) is 12.1 Å². The first-order chi connectivity index (χ1) is 13.9. The van der Waals surface area contributed by atoms with Gasteiger partial charge in [-0.3, -0.25) is 9.59 Å². The number of nitrogens with one attached hydrogen (secondary N) is 2. The molecule has 0 atom stereocenters. The first kappa shape index (κ1) is 19.0. The lowest BCUT2D eigenvalue weighted by atomic mass is 10.0. The number of hydrogen-bond donors (Lipinski definition) is 3. The highest BCUT2D eigenvalue weighted by atomic mass is 16.4. The molecule has 2 aliphatic heterocycles. The number of carboxylic acids is 1. The fraction of sp³-hybridized carbons (Fsp3) is 0.318. The van der Waals surface area contributed by atoms with E-state index < -0.39 is 5.97 Å². The lowest BCUT2D eigenvalue weighted by Gasteiger charge is -2.27. The standard InChI is InChI=1S/C22H23N3O4/c1-12-18(23-13(2)19(12)21(27)25-8-4-3-5-9-25)11-16-15-10-14(22(28)29)6-7-17(15)24-20(16)26/h6-7,10-11,23H,3-5,8-9H2,1-2H3,(H,24,26)(H,28,29). The van der Waals surface area contributed by atoms with E-state index in [1.807, 2.05) is 18.7 Å². The van der Waals surface area contributed by atoms with Gasteiger partial charge in [-0.25, -0.2) is 4.79 Å². The normalized spacial score (nSPS) is 17.4. The highest BCUT2D eigenvalue weighted by molar-refractivity contribution is 6.35. The van der Waals surface area contributed by atoms with Crippen molar-refractivity contribution in [2.45, 2.75) is 33.1 Å². The lowest BCUT2D eigenvalue weighted by molar-refractivity contribution is -0.110. The molecule has 0 unspecified atom stereocenters. The molecule has 1 aromatic heterocycles. The van der Waals surface area contributed by atoms with Gasteiger partial charge in [0.2, 0.25) is 0 Å². The molecule has 1 fully saturated rings. The summed E-state index contributed by atoms with van der Waals surface area (Å²) in [5.74, 6) is -1.32. The van der Waals surface area contributed by atoms with Crippen LogP contribution < -0.4 is 5.32 Å². The van der Waals surface area contributed by atoms with Gasteiger partial charge >= 0.3 is 5.97 Å². The number of H-pyrrole nitrogens is 1. The van der Waals surface area contributed by atoms with Crippen LogP contribution in [0.15, 0.2) is 18.2 Å². The van der Waals surface area contributed by atoms with Gasteiger partial charge in [0.15, 0.2) is 0 Å². The summed E-state index contributed by atoms with van der Waals surface area (Å²) in [5.41, 5.74) is 4.51. The molecule has 150 valence electrons. The van der Waals surface area contributed by atoms with Crippen molar-refractivity contribution in [3.63, 3.8) is 0 Å². The third-order valence-corrected chi connectivity index (χ3v) is 5.67. The van der Waals surface area contributed by atoms with E-state index in [4.69, 9.17) is 0 Å². The number of piperidine rings is 1. The Labute approximate surface area is 168 Å². The number of fused-ring (bicyclic) bond motifs is 1. The Balaban J connectivity index is 1.73. The molecule has 0 bridgehead atoms. The molecular formula is C22H23N3O4. The third kappa shape index (κ3) is 3.33. The van der Waals surface area contributed by atoms with Gasteiger partial charge < -0.3 is 20.3 Å². The summed E-state index contributed by atoms with van der Waals surface area (Å²) in [6.07, 6.45) is 4.89. The van der Waals surface area contributed by atoms with Crippen LogP contribution in [0.4, 0.5) is 5.69 Å². The third-order valence-electron chi connectivity index (χ3n) is 5.67. The molecule has 29 heavy (non-hydrogen) atoms. The van der Waals surface area contributed by atoms with Gasteiger partial charge in [-0.15, -0.1) is 0 Å². The molecule has 7 nitrogen and oxygen atoms in total. The van der Waals surface area contributed by atoms with Crippen LogP contribution in [-0.2, 0) is 4.79 Å². The number of carboxylic acid groups (broad SMARTS) is 1. The van der Waals surface area contributed by atoms with Crippen molar-refractivity contribution < 1.29 is 19.5 Å². The van der Waals surface area contributed by atoms with Gasteiger partial charge in [0.25, 0.3) is 11.8 Å². The Morgan fingerprint density at radius 3 is 2.55 bits per heavy atom. The number of nitrogens with zero attached hydrogens (tertiary/aromatic N) is 1. The second-order valence-electron chi connectivity index (χ2n) is 7.59. The molecule has 0 saturated carbocycles. The maximum absolute atomic E-state index is 13.0. The summed E-state index contributed by atoms with van der Waals surface area (Å²) in [6, 6.07) is 4.55. The number of aromatic nitrogens is 1. The van der Waals surface area contributed by atoms with Gasteiger partial charge in [-0.05, 0) is 62.9 Å². The molecule has 0 spiro atoms. The summed E-state index contributed by atoms with van der Waals surface area (Å²) in [4.78, 5) is 41.9. The second kappa shape index (κ2) is 7.24. The van der Waals surface area contributed by atoms with Crippen molar-refractivity contribution in [1.29, 1.82) is 0 Å².